The van der Waals surface area contributed by atoms with Gasteiger partial charge in [0.1, 0.15) is 0 Å². The highest BCUT2D eigenvalue weighted by molar-refractivity contribution is 7.98. The molecule has 1 amide bonds. The van der Waals surface area contributed by atoms with E-state index in [0.717, 1.165) is 10.5 Å². The summed E-state index contributed by atoms with van der Waals surface area (Å²) in [7, 11) is -0.666. The molecule has 2 aromatic carbocycles. The third-order valence-corrected chi connectivity index (χ3v) is 7.42. The standard InChI is InChI=1S/C22H28N2O6S2/c1-28-19-6-4-16(14-20(19)29-2)8-9-23-32(26,27)17-5-7-21(31-3)18(15-17)22(25)24-10-12-30-13-11-24/h4-7,14-15,23H,8-13H2,1-3H3. The molecule has 1 aliphatic rings. The average molecular weight is 481 g/mol. The highest BCUT2D eigenvalue weighted by Crippen LogP contribution is 2.28. The smallest absolute Gasteiger partial charge is 0.255 e. The first-order valence-electron chi connectivity index (χ1n) is 10.1. The molecule has 1 fully saturated rings. The number of ether oxygens (including phenoxy) is 3. The van der Waals surface area contributed by atoms with Gasteiger partial charge in [0.05, 0.1) is 37.9 Å². The normalized spacial score (nSPS) is 14.3. The van der Waals surface area contributed by atoms with E-state index in [-0.39, 0.29) is 17.3 Å². The Kier molecular flexibility index (Phi) is 8.41. The van der Waals surface area contributed by atoms with Crippen LogP contribution in [-0.4, -0.2) is 72.5 Å². The number of thioether (sulfide) groups is 1. The molecule has 0 unspecified atom stereocenters. The summed E-state index contributed by atoms with van der Waals surface area (Å²) in [6.07, 6.45) is 2.34. The second-order valence-electron chi connectivity index (χ2n) is 7.10. The van der Waals surface area contributed by atoms with Gasteiger partial charge in [0.2, 0.25) is 10.0 Å². The van der Waals surface area contributed by atoms with E-state index in [1.807, 2.05) is 18.4 Å². The third-order valence-electron chi connectivity index (χ3n) is 5.16. The number of nitrogens with one attached hydrogen (secondary N) is 1. The fourth-order valence-electron chi connectivity index (χ4n) is 3.41. The Morgan fingerprint density at radius 2 is 1.81 bits per heavy atom. The van der Waals surface area contributed by atoms with Crippen molar-refractivity contribution < 1.29 is 27.4 Å². The third kappa shape index (κ3) is 5.74. The summed E-state index contributed by atoms with van der Waals surface area (Å²) in [5.74, 6) is 1.02. The molecular formula is C22H28N2O6S2. The Bertz CT molecular complexity index is 1050. The molecule has 0 spiro atoms. The second kappa shape index (κ2) is 11.0. The topological polar surface area (TPSA) is 94.2 Å². The summed E-state index contributed by atoms with van der Waals surface area (Å²) in [5.41, 5.74) is 1.30. The van der Waals surface area contributed by atoms with E-state index in [2.05, 4.69) is 4.72 Å². The maximum absolute atomic E-state index is 13.0. The van der Waals surface area contributed by atoms with Crippen LogP contribution >= 0.6 is 11.8 Å². The molecule has 32 heavy (non-hydrogen) atoms. The van der Waals surface area contributed by atoms with Gasteiger partial charge in [-0.25, -0.2) is 13.1 Å². The number of carbonyl (C=O) groups excluding carboxylic acids is 1. The minimum atomic E-state index is -3.78. The molecule has 1 N–H and O–H groups in total. The summed E-state index contributed by atoms with van der Waals surface area (Å²) >= 11 is 1.41. The van der Waals surface area contributed by atoms with E-state index < -0.39 is 10.0 Å². The predicted octanol–water partition coefficient (Wildman–Crippen LogP) is 2.42. The van der Waals surface area contributed by atoms with Crippen LogP contribution < -0.4 is 14.2 Å². The highest BCUT2D eigenvalue weighted by atomic mass is 32.2. The summed E-state index contributed by atoms with van der Waals surface area (Å²) < 4.78 is 44.2. The van der Waals surface area contributed by atoms with Gasteiger partial charge in [0.15, 0.2) is 11.5 Å². The monoisotopic (exact) mass is 480 g/mol. The number of sulfonamides is 1. The fraction of sp³-hybridized carbons (Fsp3) is 0.409. The van der Waals surface area contributed by atoms with E-state index in [0.29, 0.717) is 49.8 Å². The van der Waals surface area contributed by atoms with Crippen LogP contribution in [-0.2, 0) is 21.2 Å². The van der Waals surface area contributed by atoms with Crippen molar-refractivity contribution in [3.05, 3.63) is 47.5 Å². The van der Waals surface area contributed by atoms with E-state index in [1.165, 1.54) is 23.9 Å². The van der Waals surface area contributed by atoms with E-state index in [1.54, 1.807) is 31.3 Å². The molecule has 3 rings (SSSR count). The van der Waals surface area contributed by atoms with Gasteiger partial charge >= 0.3 is 0 Å². The van der Waals surface area contributed by atoms with E-state index >= 15 is 0 Å². The fourth-order valence-corrected chi connectivity index (χ4v) is 5.04. The molecule has 0 atom stereocenters. The van der Waals surface area contributed by atoms with Gasteiger partial charge in [-0.2, -0.15) is 0 Å². The molecule has 0 aromatic heterocycles. The quantitative estimate of drug-likeness (QED) is 0.551. The van der Waals surface area contributed by atoms with Gasteiger partial charge in [0.25, 0.3) is 5.91 Å². The van der Waals surface area contributed by atoms with Crippen molar-refractivity contribution in [3.8, 4) is 11.5 Å². The number of hydrogen-bond donors (Lipinski definition) is 1. The lowest BCUT2D eigenvalue weighted by molar-refractivity contribution is 0.0300. The molecule has 0 bridgehead atoms. The predicted molar refractivity (Wildman–Crippen MR) is 123 cm³/mol. The Balaban J connectivity index is 1.73. The van der Waals surface area contributed by atoms with Crippen molar-refractivity contribution in [1.29, 1.82) is 0 Å². The van der Waals surface area contributed by atoms with Crippen LogP contribution in [0.2, 0.25) is 0 Å². The first kappa shape index (κ1) is 24.4. The average Bonchev–Trinajstić information content (AvgIpc) is 2.83. The molecule has 174 valence electrons. The highest BCUT2D eigenvalue weighted by Gasteiger charge is 2.24. The zero-order valence-corrected chi connectivity index (χ0v) is 20.1. The SMILES string of the molecule is COc1ccc(CCNS(=O)(=O)c2ccc(SC)c(C(=O)N3CCOCC3)c2)cc1OC. The van der Waals surface area contributed by atoms with E-state index in [4.69, 9.17) is 14.2 Å². The van der Waals surface area contributed by atoms with Crippen molar-refractivity contribution in [1.82, 2.24) is 9.62 Å². The lowest BCUT2D eigenvalue weighted by atomic mass is 10.1. The van der Waals surface area contributed by atoms with Crippen LogP contribution in [0.4, 0.5) is 0 Å². The molecule has 0 saturated carbocycles. The molecule has 8 nitrogen and oxygen atoms in total. The minimum Gasteiger partial charge on any atom is -0.493 e. The first-order chi connectivity index (χ1) is 15.4. The Labute approximate surface area is 193 Å². The Hall–Kier alpha value is -2.27. The molecule has 1 heterocycles. The molecule has 10 heteroatoms. The number of hydrogen-bond acceptors (Lipinski definition) is 7. The number of nitrogens with zero attached hydrogens (tertiary/aromatic N) is 1. The number of morpholine rings is 1. The molecule has 0 aliphatic carbocycles. The van der Waals surface area contributed by atoms with Crippen LogP contribution in [0.25, 0.3) is 0 Å². The van der Waals surface area contributed by atoms with Gasteiger partial charge in [0, 0.05) is 24.5 Å². The number of rotatable bonds is 9. The lowest BCUT2D eigenvalue weighted by Crippen LogP contribution is -2.41. The number of methoxy groups -OCH3 is 2. The lowest BCUT2D eigenvalue weighted by Gasteiger charge is -2.27. The first-order valence-corrected chi connectivity index (χ1v) is 12.9. The van der Waals surface area contributed by atoms with Crippen molar-refractivity contribution in [2.45, 2.75) is 16.2 Å². The second-order valence-corrected chi connectivity index (χ2v) is 9.72. The van der Waals surface area contributed by atoms with Gasteiger partial charge < -0.3 is 19.1 Å². The number of carbonyl (C=O) groups is 1. The maximum Gasteiger partial charge on any atom is 0.255 e. The van der Waals surface area contributed by atoms with Crippen LogP contribution in [0.3, 0.4) is 0 Å². The summed E-state index contributed by atoms with van der Waals surface area (Å²) in [6, 6.07) is 10.1. The van der Waals surface area contributed by atoms with Crippen LogP contribution in [0.5, 0.6) is 11.5 Å². The van der Waals surface area contributed by atoms with Crippen molar-refractivity contribution in [2.24, 2.45) is 0 Å². The number of benzene rings is 2. The summed E-state index contributed by atoms with van der Waals surface area (Å²) in [6.45, 7) is 2.15. The Morgan fingerprint density at radius 3 is 2.47 bits per heavy atom. The van der Waals surface area contributed by atoms with Gasteiger partial charge in [-0.3, -0.25) is 4.79 Å². The van der Waals surface area contributed by atoms with Crippen molar-refractivity contribution in [3.63, 3.8) is 0 Å². The number of amides is 1. The zero-order valence-electron chi connectivity index (χ0n) is 18.4. The Morgan fingerprint density at radius 1 is 1.09 bits per heavy atom. The molecule has 1 saturated heterocycles. The zero-order chi connectivity index (χ0) is 23.1. The van der Waals surface area contributed by atoms with Gasteiger partial charge in [-0.15, -0.1) is 11.8 Å². The molecule has 1 aliphatic heterocycles. The van der Waals surface area contributed by atoms with Crippen molar-refractivity contribution >= 4 is 27.7 Å². The molecule has 2 aromatic rings. The van der Waals surface area contributed by atoms with Crippen molar-refractivity contribution in [2.75, 3.05) is 53.3 Å². The summed E-state index contributed by atoms with van der Waals surface area (Å²) in [4.78, 5) is 15.5. The largest absolute Gasteiger partial charge is 0.493 e. The van der Waals surface area contributed by atoms with E-state index in [9.17, 15) is 13.2 Å². The van der Waals surface area contributed by atoms with Gasteiger partial charge in [-0.1, -0.05) is 6.07 Å². The van der Waals surface area contributed by atoms with Crippen LogP contribution in [0, 0.1) is 0 Å². The van der Waals surface area contributed by atoms with Gasteiger partial charge in [-0.05, 0) is 48.6 Å². The maximum atomic E-state index is 13.0. The minimum absolute atomic E-state index is 0.0687. The molecule has 0 radical (unpaired) electrons. The summed E-state index contributed by atoms with van der Waals surface area (Å²) in [5, 5.41) is 0. The molecular weight excluding hydrogens is 452 g/mol. The van der Waals surface area contributed by atoms with Crippen LogP contribution in [0.1, 0.15) is 15.9 Å². The van der Waals surface area contributed by atoms with Crippen LogP contribution in [0.15, 0.2) is 46.2 Å².